The van der Waals surface area contributed by atoms with Crippen molar-refractivity contribution in [2.75, 3.05) is 23.7 Å². The molecule has 0 aliphatic rings. The third-order valence-electron chi connectivity index (χ3n) is 2.54. The van der Waals surface area contributed by atoms with Crippen LogP contribution in [0.1, 0.15) is 27.7 Å². The number of carbonyl (C=O) groups excluding carboxylic acids is 3. The maximum absolute atomic E-state index is 11.7. The van der Waals surface area contributed by atoms with E-state index < -0.39 is 17.7 Å². The first kappa shape index (κ1) is 19.3. The maximum Gasteiger partial charge on any atom is 0.407 e. The standard InChI is InChI=1S/C16H24N4O4/c1-11(21)19-12-5-7-13(8-6-12)20-14(22)17-9-10-18-15(23)24-16(2,3)4/h5-8H,9-10H2,1-4H3,(H,18,23)(H,19,21)(H2,17,20,22). The zero-order valence-corrected chi connectivity index (χ0v) is 14.4. The first-order chi connectivity index (χ1) is 11.2. The molecule has 8 heteroatoms. The van der Waals surface area contributed by atoms with Gasteiger partial charge in [0.05, 0.1) is 0 Å². The monoisotopic (exact) mass is 336 g/mol. The van der Waals surface area contributed by atoms with Gasteiger partial charge in [-0.3, -0.25) is 4.79 Å². The highest BCUT2D eigenvalue weighted by Crippen LogP contribution is 2.13. The molecule has 0 atom stereocenters. The summed E-state index contributed by atoms with van der Waals surface area (Å²) in [6.07, 6.45) is -0.529. The van der Waals surface area contributed by atoms with Gasteiger partial charge < -0.3 is 26.0 Å². The van der Waals surface area contributed by atoms with E-state index in [1.54, 1.807) is 45.0 Å². The van der Waals surface area contributed by atoms with Gasteiger partial charge in [-0.25, -0.2) is 9.59 Å². The third kappa shape index (κ3) is 8.62. The average Bonchev–Trinajstić information content (AvgIpc) is 2.43. The van der Waals surface area contributed by atoms with Gasteiger partial charge >= 0.3 is 12.1 Å². The van der Waals surface area contributed by atoms with E-state index in [1.165, 1.54) is 6.92 Å². The number of amides is 4. The molecule has 1 rings (SSSR count). The van der Waals surface area contributed by atoms with E-state index in [0.717, 1.165) is 0 Å². The average molecular weight is 336 g/mol. The van der Waals surface area contributed by atoms with Gasteiger partial charge in [0, 0.05) is 31.4 Å². The molecule has 0 fully saturated rings. The Morgan fingerprint density at radius 2 is 1.42 bits per heavy atom. The molecule has 0 bridgehead atoms. The largest absolute Gasteiger partial charge is 0.444 e. The number of hydrogen-bond donors (Lipinski definition) is 4. The lowest BCUT2D eigenvalue weighted by Gasteiger charge is -2.19. The van der Waals surface area contributed by atoms with E-state index in [1.807, 2.05) is 0 Å². The van der Waals surface area contributed by atoms with Gasteiger partial charge in [-0.2, -0.15) is 0 Å². The van der Waals surface area contributed by atoms with Gasteiger partial charge in [0.2, 0.25) is 5.91 Å². The molecule has 0 unspecified atom stereocenters. The van der Waals surface area contributed by atoms with Crippen LogP contribution in [0.3, 0.4) is 0 Å². The van der Waals surface area contributed by atoms with Gasteiger partial charge in [-0.1, -0.05) is 0 Å². The molecule has 0 aliphatic heterocycles. The fourth-order valence-corrected chi connectivity index (χ4v) is 1.67. The lowest BCUT2D eigenvalue weighted by molar-refractivity contribution is -0.114. The van der Waals surface area contributed by atoms with E-state index in [9.17, 15) is 14.4 Å². The van der Waals surface area contributed by atoms with Crippen molar-refractivity contribution in [2.24, 2.45) is 0 Å². The van der Waals surface area contributed by atoms with Crippen LogP contribution in [0.5, 0.6) is 0 Å². The van der Waals surface area contributed by atoms with Crippen LogP contribution in [-0.2, 0) is 9.53 Å². The number of benzene rings is 1. The van der Waals surface area contributed by atoms with Crippen molar-refractivity contribution in [3.8, 4) is 0 Å². The Hall–Kier alpha value is -2.77. The molecule has 132 valence electrons. The minimum absolute atomic E-state index is 0.161. The fraction of sp³-hybridized carbons (Fsp3) is 0.438. The Morgan fingerprint density at radius 1 is 0.917 bits per heavy atom. The van der Waals surface area contributed by atoms with E-state index in [4.69, 9.17) is 4.74 Å². The summed E-state index contributed by atoms with van der Waals surface area (Å²) in [5.41, 5.74) is 0.676. The van der Waals surface area contributed by atoms with Gasteiger partial charge in [-0.05, 0) is 45.0 Å². The first-order valence-corrected chi connectivity index (χ1v) is 7.55. The van der Waals surface area contributed by atoms with Crippen molar-refractivity contribution in [1.29, 1.82) is 0 Å². The molecular formula is C16H24N4O4. The Kier molecular flexibility index (Phi) is 7.03. The molecule has 4 amide bonds. The number of carbonyl (C=O) groups is 3. The second kappa shape index (κ2) is 8.76. The highest BCUT2D eigenvalue weighted by Gasteiger charge is 2.15. The predicted molar refractivity (Wildman–Crippen MR) is 92.0 cm³/mol. The second-order valence-electron chi connectivity index (χ2n) is 6.07. The second-order valence-corrected chi connectivity index (χ2v) is 6.07. The summed E-state index contributed by atoms with van der Waals surface area (Å²) in [5.74, 6) is -0.161. The van der Waals surface area contributed by atoms with E-state index >= 15 is 0 Å². The number of rotatable bonds is 5. The first-order valence-electron chi connectivity index (χ1n) is 7.55. The Labute approximate surface area is 141 Å². The molecule has 0 saturated heterocycles. The highest BCUT2D eigenvalue weighted by molar-refractivity contribution is 5.91. The SMILES string of the molecule is CC(=O)Nc1ccc(NC(=O)NCCNC(=O)OC(C)(C)C)cc1. The van der Waals surface area contributed by atoms with E-state index in [2.05, 4.69) is 21.3 Å². The molecule has 0 aromatic heterocycles. The quantitative estimate of drug-likeness (QED) is 0.619. The zero-order valence-electron chi connectivity index (χ0n) is 14.4. The van der Waals surface area contributed by atoms with E-state index in [0.29, 0.717) is 11.4 Å². The lowest BCUT2D eigenvalue weighted by atomic mass is 10.2. The van der Waals surface area contributed by atoms with Crippen LogP contribution in [0.15, 0.2) is 24.3 Å². The van der Waals surface area contributed by atoms with Crippen LogP contribution in [0, 0.1) is 0 Å². The summed E-state index contributed by atoms with van der Waals surface area (Å²) in [6, 6.07) is 6.31. The van der Waals surface area contributed by atoms with Crippen LogP contribution in [0.2, 0.25) is 0 Å². The molecule has 0 spiro atoms. The highest BCUT2D eigenvalue weighted by atomic mass is 16.6. The summed E-state index contributed by atoms with van der Waals surface area (Å²) in [6.45, 7) is 7.25. The molecule has 1 aromatic carbocycles. The summed E-state index contributed by atoms with van der Waals surface area (Å²) >= 11 is 0. The van der Waals surface area contributed by atoms with Crippen molar-refractivity contribution in [1.82, 2.24) is 10.6 Å². The molecule has 0 aliphatic carbocycles. The van der Waals surface area contributed by atoms with Crippen LogP contribution in [-0.4, -0.2) is 36.7 Å². The molecular weight excluding hydrogens is 312 g/mol. The van der Waals surface area contributed by atoms with Crippen LogP contribution < -0.4 is 21.3 Å². The molecule has 8 nitrogen and oxygen atoms in total. The van der Waals surface area contributed by atoms with Crippen molar-refractivity contribution in [3.63, 3.8) is 0 Å². The summed E-state index contributed by atoms with van der Waals surface area (Å²) < 4.78 is 5.07. The van der Waals surface area contributed by atoms with Crippen molar-refractivity contribution in [2.45, 2.75) is 33.3 Å². The topological polar surface area (TPSA) is 109 Å². The molecule has 24 heavy (non-hydrogen) atoms. The Morgan fingerprint density at radius 3 is 1.92 bits per heavy atom. The molecule has 0 saturated carbocycles. The normalized spacial score (nSPS) is 10.5. The minimum Gasteiger partial charge on any atom is -0.444 e. The number of ether oxygens (including phenoxy) is 1. The minimum atomic E-state index is -0.557. The number of urea groups is 1. The van der Waals surface area contributed by atoms with Crippen molar-refractivity contribution >= 4 is 29.4 Å². The lowest BCUT2D eigenvalue weighted by Crippen LogP contribution is -2.39. The van der Waals surface area contributed by atoms with Crippen molar-refractivity contribution in [3.05, 3.63) is 24.3 Å². The fourth-order valence-electron chi connectivity index (χ4n) is 1.67. The molecule has 1 aromatic rings. The number of nitrogens with one attached hydrogen (secondary N) is 4. The number of hydrogen-bond acceptors (Lipinski definition) is 4. The van der Waals surface area contributed by atoms with Crippen LogP contribution in [0.25, 0.3) is 0 Å². The smallest absolute Gasteiger partial charge is 0.407 e. The zero-order chi connectivity index (χ0) is 18.2. The van der Waals surface area contributed by atoms with E-state index in [-0.39, 0.29) is 19.0 Å². The third-order valence-corrected chi connectivity index (χ3v) is 2.54. The summed E-state index contributed by atoms with van der Waals surface area (Å²) in [5, 5.41) is 10.4. The molecule has 0 heterocycles. The Balaban J connectivity index is 2.27. The van der Waals surface area contributed by atoms with Gasteiger partial charge in [0.15, 0.2) is 0 Å². The number of alkyl carbamates (subject to hydrolysis) is 1. The van der Waals surface area contributed by atoms with Gasteiger partial charge in [-0.15, -0.1) is 0 Å². The van der Waals surface area contributed by atoms with Gasteiger partial charge in [0.1, 0.15) is 5.60 Å². The number of anilines is 2. The summed E-state index contributed by atoms with van der Waals surface area (Å²) in [4.78, 5) is 34.0. The maximum atomic E-state index is 11.7. The van der Waals surface area contributed by atoms with Crippen LogP contribution >= 0.6 is 0 Å². The Bertz CT molecular complexity index is 579. The van der Waals surface area contributed by atoms with Gasteiger partial charge in [0.25, 0.3) is 0 Å². The molecule has 4 N–H and O–H groups in total. The summed E-state index contributed by atoms with van der Waals surface area (Å²) in [7, 11) is 0. The molecule has 0 radical (unpaired) electrons. The predicted octanol–water partition coefficient (Wildman–Crippen LogP) is 2.29. The van der Waals surface area contributed by atoms with Crippen molar-refractivity contribution < 1.29 is 19.1 Å². The van der Waals surface area contributed by atoms with Crippen LogP contribution in [0.4, 0.5) is 21.0 Å².